The van der Waals surface area contributed by atoms with E-state index in [1.807, 2.05) is 12.2 Å². The summed E-state index contributed by atoms with van der Waals surface area (Å²) in [4.78, 5) is 26.0. The first kappa shape index (κ1) is 26.4. The first-order valence-corrected chi connectivity index (χ1v) is 14.0. The molecule has 5 nitrogen and oxygen atoms in total. The Morgan fingerprint density at radius 1 is 1.03 bits per heavy atom. The Morgan fingerprint density at radius 2 is 1.70 bits per heavy atom. The van der Waals surface area contributed by atoms with E-state index >= 15 is 0 Å². The Kier molecular flexibility index (Phi) is 5.65. The van der Waals surface area contributed by atoms with E-state index in [1.54, 1.807) is 6.92 Å². The number of Topliss-reactive ketones (excluding diaryl/α,β-unsaturated/α-hetero) is 1. The van der Waals surface area contributed by atoms with Gasteiger partial charge in [0.1, 0.15) is 5.60 Å². The van der Waals surface area contributed by atoms with E-state index in [1.165, 1.54) is 12.7 Å². The number of hydrogen-bond donors (Lipinski definition) is 1. The van der Waals surface area contributed by atoms with Crippen molar-refractivity contribution < 1.29 is 19.4 Å². The van der Waals surface area contributed by atoms with Crippen molar-refractivity contribution in [1.29, 1.82) is 5.26 Å². The number of nitriles is 1. The molecule has 5 aliphatic rings. The maximum atomic E-state index is 13.1. The zero-order valence-corrected chi connectivity index (χ0v) is 23.7. The molecule has 5 rings (SSSR count). The second kappa shape index (κ2) is 7.92. The molecule has 3 saturated carbocycles. The smallest absolute Gasteiger partial charge is 0.311 e. The highest BCUT2D eigenvalue weighted by molar-refractivity contribution is 5.97. The van der Waals surface area contributed by atoms with Crippen LogP contribution in [0.5, 0.6) is 0 Å². The van der Waals surface area contributed by atoms with Gasteiger partial charge in [0.2, 0.25) is 0 Å². The van der Waals surface area contributed by atoms with Crippen LogP contribution in [0.25, 0.3) is 0 Å². The number of carbonyl (C=O) groups excluding carboxylic acids is 2. The zero-order valence-electron chi connectivity index (χ0n) is 23.7. The van der Waals surface area contributed by atoms with Gasteiger partial charge < -0.3 is 9.84 Å². The maximum Gasteiger partial charge on any atom is 0.311 e. The van der Waals surface area contributed by atoms with Gasteiger partial charge in [0.25, 0.3) is 0 Å². The highest BCUT2D eigenvalue weighted by atomic mass is 16.5. The number of ketones is 1. The van der Waals surface area contributed by atoms with Crippen molar-refractivity contribution in [3.8, 4) is 6.07 Å². The number of fused-ring (bicyclic) bond motifs is 7. The number of hydrogen-bond acceptors (Lipinski definition) is 5. The van der Waals surface area contributed by atoms with Gasteiger partial charge in [0.15, 0.2) is 5.78 Å². The van der Waals surface area contributed by atoms with E-state index < -0.39 is 16.9 Å². The fourth-order valence-corrected chi connectivity index (χ4v) is 9.53. The van der Waals surface area contributed by atoms with E-state index in [9.17, 15) is 20.0 Å². The molecule has 3 fully saturated rings. The summed E-state index contributed by atoms with van der Waals surface area (Å²) in [6, 6.07) is 2.15. The number of esters is 1. The van der Waals surface area contributed by atoms with Crippen molar-refractivity contribution in [2.24, 2.45) is 38.9 Å². The summed E-state index contributed by atoms with van der Waals surface area (Å²) in [5.41, 5.74) is 0.896. The second-order valence-electron chi connectivity index (χ2n) is 14.2. The van der Waals surface area contributed by atoms with Gasteiger partial charge in [0.05, 0.1) is 24.5 Å². The Hall–Kier alpha value is -2.19. The molecular formula is C32H43NO4. The van der Waals surface area contributed by atoms with E-state index in [4.69, 9.17) is 4.74 Å². The minimum absolute atomic E-state index is 0.00596. The van der Waals surface area contributed by atoms with Crippen LogP contribution in [0, 0.1) is 50.2 Å². The van der Waals surface area contributed by atoms with Gasteiger partial charge >= 0.3 is 5.97 Å². The first-order valence-electron chi connectivity index (χ1n) is 14.0. The largest absolute Gasteiger partial charge is 0.469 e. The Labute approximate surface area is 222 Å². The third-order valence-electron chi connectivity index (χ3n) is 12.3. The zero-order chi connectivity index (χ0) is 27.2. The lowest BCUT2D eigenvalue weighted by Crippen LogP contribution is -2.62. The highest BCUT2D eigenvalue weighted by Gasteiger charge is 2.68. The van der Waals surface area contributed by atoms with Crippen LogP contribution in [-0.2, 0) is 14.3 Å². The molecule has 0 radical (unpaired) electrons. The molecule has 1 N–H and O–H groups in total. The first-order chi connectivity index (χ1) is 17.1. The minimum Gasteiger partial charge on any atom is -0.469 e. The van der Waals surface area contributed by atoms with Crippen LogP contribution in [0.2, 0.25) is 0 Å². The molecule has 5 aliphatic carbocycles. The number of rotatable bonds is 2. The molecule has 8 atom stereocenters. The number of methoxy groups -OCH3 is 1. The lowest BCUT2D eigenvalue weighted by molar-refractivity contribution is -0.180. The molecule has 37 heavy (non-hydrogen) atoms. The van der Waals surface area contributed by atoms with Gasteiger partial charge in [-0.3, -0.25) is 9.59 Å². The number of ether oxygens (including phenoxy) is 1. The molecule has 0 spiro atoms. The van der Waals surface area contributed by atoms with Crippen LogP contribution in [0.15, 0.2) is 34.9 Å². The van der Waals surface area contributed by atoms with Crippen molar-refractivity contribution in [1.82, 2.24) is 0 Å². The van der Waals surface area contributed by atoms with Crippen molar-refractivity contribution in [3.63, 3.8) is 0 Å². The predicted molar refractivity (Wildman–Crippen MR) is 142 cm³/mol. The van der Waals surface area contributed by atoms with Gasteiger partial charge in [-0.15, -0.1) is 0 Å². The molecule has 0 bridgehead atoms. The maximum absolute atomic E-state index is 13.1. The molecule has 0 aromatic heterocycles. The third-order valence-corrected chi connectivity index (χ3v) is 12.3. The lowest BCUT2D eigenvalue weighted by Gasteiger charge is -2.70. The number of allylic oxidation sites excluding steroid dienone is 4. The SMILES string of the molecule is COC(=O)[C@]1(C)CC[C@]2(C)CC[C@]3(C)C4=CC=C5C(=CC(CC#N)C(=O)C5(C)O)[C@]4(C)CC[C@@]3(C)[C@@H]2C1. The minimum atomic E-state index is -1.59. The Balaban J connectivity index is 1.63. The topological polar surface area (TPSA) is 87.4 Å². The molecule has 5 heteroatoms. The fourth-order valence-electron chi connectivity index (χ4n) is 9.53. The van der Waals surface area contributed by atoms with Crippen LogP contribution in [-0.4, -0.2) is 29.6 Å². The van der Waals surface area contributed by atoms with Crippen LogP contribution in [0.1, 0.15) is 92.9 Å². The molecule has 0 heterocycles. The molecule has 2 unspecified atom stereocenters. The normalized spacial score (nSPS) is 48.6. The van der Waals surface area contributed by atoms with Crippen molar-refractivity contribution in [3.05, 3.63) is 34.9 Å². The molecular weight excluding hydrogens is 462 g/mol. The van der Waals surface area contributed by atoms with Crippen molar-refractivity contribution in [2.45, 2.75) is 98.5 Å². The average Bonchev–Trinajstić information content (AvgIpc) is 2.85. The summed E-state index contributed by atoms with van der Waals surface area (Å²) in [7, 11) is 1.51. The van der Waals surface area contributed by atoms with Gasteiger partial charge in [0, 0.05) is 11.8 Å². The van der Waals surface area contributed by atoms with Crippen LogP contribution in [0.4, 0.5) is 0 Å². The molecule has 0 saturated heterocycles. The number of carbonyl (C=O) groups is 2. The summed E-state index contributed by atoms with van der Waals surface area (Å²) in [6.45, 7) is 13.3. The van der Waals surface area contributed by atoms with E-state index in [2.05, 4.69) is 46.8 Å². The van der Waals surface area contributed by atoms with Gasteiger partial charge in [-0.1, -0.05) is 51.5 Å². The quantitative estimate of drug-likeness (QED) is 0.449. The van der Waals surface area contributed by atoms with Crippen molar-refractivity contribution >= 4 is 11.8 Å². The predicted octanol–water partition coefficient (Wildman–Crippen LogP) is 6.23. The summed E-state index contributed by atoms with van der Waals surface area (Å²) < 4.78 is 5.28. The van der Waals surface area contributed by atoms with Crippen molar-refractivity contribution in [2.75, 3.05) is 7.11 Å². The average molecular weight is 506 g/mol. The van der Waals surface area contributed by atoms with Gasteiger partial charge in [-0.05, 0) is 92.1 Å². The lowest BCUT2D eigenvalue weighted by atomic mass is 9.34. The summed E-state index contributed by atoms with van der Waals surface area (Å²) in [5.74, 6) is -0.561. The summed E-state index contributed by atoms with van der Waals surface area (Å²) in [5, 5.41) is 20.8. The van der Waals surface area contributed by atoms with Crippen LogP contribution in [0.3, 0.4) is 0 Å². The number of nitrogens with zero attached hydrogens (tertiary/aromatic N) is 1. The standard InChI is InChI=1S/C32H43NO4/c1-27-11-12-28(2,26(35)37-7)19-24(27)31(5)16-14-29(3)22-18-20(10-17-33)25(34)32(6,36)21(22)8-9-23(29)30(31,4)15-13-27/h8-9,18,20,24,36H,10-16,19H2,1-7H3/t20?,24-,27-,28-,29+,30-,31+,32?/m1/s1. The number of aliphatic hydroxyl groups is 1. The molecule has 0 aromatic carbocycles. The van der Waals surface area contributed by atoms with E-state index in [0.717, 1.165) is 50.5 Å². The summed E-state index contributed by atoms with van der Waals surface area (Å²) in [6.07, 6.45) is 13.2. The Morgan fingerprint density at radius 3 is 2.35 bits per heavy atom. The molecule has 0 aromatic rings. The van der Waals surface area contributed by atoms with E-state index in [-0.39, 0.29) is 39.8 Å². The van der Waals surface area contributed by atoms with Gasteiger partial charge in [-0.25, -0.2) is 0 Å². The Bertz CT molecular complexity index is 1200. The summed E-state index contributed by atoms with van der Waals surface area (Å²) >= 11 is 0. The molecule has 0 aliphatic heterocycles. The third kappa shape index (κ3) is 3.24. The monoisotopic (exact) mass is 505 g/mol. The fraction of sp³-hybridized carbons (Fsp3) is 0.719. The van der Waals surface area contributed by atoms with E-state index in [0.29, 0.717) is 11.5 Å². The van der Waals surface area contributed by atoms with Crippen LogP contribution >= 0.6 is 0 Å². The molecule has 0 amide bonds. The molecule has 200 valence electrons. The van der Waals surface area contributed by atoms with Gasteiger partial charge in [-0.2, -0.15) is 5.26 Å². The van der Waals surface area contributed by atoms with Crippen LogP contribution < -0.4 is 0 Å². The second-order valence-corrected chi connectivity index (χ2v) is 14.2. The highest BCUT2D eigenvalue weighted by Crippen LogP contribution is 2.75.